The lowest BCUT2D eigenvalue weighted by molar-refractivity contribution is -0.122. The average molecular weight is 280 g/mol. The van der Waals surface area contributed by atoms with E-state index in [-0.39, 0.29) is 11.7 Å². The van der Waals surface area contributed by atoms with Gasteiger partial charge in [-0.2, -0.15) is 0 Å². The standard InChI is InChI=1S/C13H20N4O3/c1-4-13(5-2,11(14)17-19)12(18)16-9-6-7-10(20-3)15-8-9/h6-8,19H,4-5H2,1-3H3,(H2,14,17)(H,16,18). The molecule has 4 N–H and O–H groups in total. The van der Waals surface area contributed by atoms with Crippen LogP contribution in [0.3, 0.4) is 0 Å². The van der Waals surface area contributed by atoms with Crippen molar-refractivity contribution in [3.63, 3.8) is 0 Å². The van der Waals surface area contributed by atoms with Gasteiger partial charge in [0.2, 0.25) is 11.8 Å². The predicted molar refractivity (Wildman–Crippen MR) is 75.8 cm³/mol. The molecule has 0 unspecified atom stereocenters. The molecule has 1 amide bonds. The van der Waals surface area contributed by atoms with Gasteiger partial charge in [0.15, 0.2) is 5.84 Å². The van der Waals surface area contributed by atoms with Crippen LogP contribution in [-0.4, -0.2) is 29.0 Å². The SMILES string of the molecule is CCC(CC)(C(=O)Nc1ccc(OC)nc1)C(N)=NO. The number of anilines is 1. The third-order valence-electron chi connectivity index (χ3n) is 3.44. The largest absolute Gasteiger partial charge is 0.481 e. The zero-order valence-corrected chi connectivity index (χ0v) is 11.9. The summed E-state index contributed by atoms with van der Waals surface area (Å²) in [6, 6.07) is 3.31. The summed E-state index contributed by atoms with van der Waals surface area (Å²) in [4.78, 5) is 16.4. The van der Waals surface area contributed by atoms with Gasteiger partial charge in [-0.15, -0.1) is 0 Å². The van der Waals surface area contributed by atoms with E-state index in [0.717, 1.165) is 0 Å². The lowest BCUT2D eigenvalue weighted by Crippen LogP contribution is -2.46. The number of amidine groups is 1. The number of pyridine rings is 1. The molecule has 0 radical (unpaired) electrons. The Kier molecular flexibility index (Phi) is 5.31. The highest BCUT2D eigenvalue weighted by atomic mass is 16.5. The Bertz CT molecular complexity index is 481. The van der Waals surface area contributed by atoms with E-state index in [2.05, 4.69) is 15.5 Å². The molecule has 7 nitrogen and oxygen atoms in total. The van der Waals surface area contributed by atoms with Gasteiger partial charge in [0.25, 0.3) is 0 Å². The van der Waals surface area contributed by atoms with E-state index in [1.54, 1.807) is 12.1 Å². The van der Waals surface area contributed by atoms with Gasteiger partial charge in [-0.25, -0.2) is 4.98 Å². The second-order valence-corrected chi connectivity index (χ2v) is 4.32. The Morgan fingerprint density at radius 3 is 2.55 bits per heavy atom. The number of methoxy groups -OCH3 is 1. The summed E-state index contributed by atoms with van der Waals surface area (Å²) >= 11 is 0. The summed E-state index contributed by atoms with van der Waals surface area (Å²) in [5.74, 6) is 0.0305. The molecule has 0 aliphatic rings. The number of nitrogens with one attached hydrogen (secondary N) is 1. The highest BCUT2D eigenvalue weighted by Gasteiger charge is 2.39. The fraction of sp³-hybridized carbons (Fsp3) is 0.462. The van der Waals surface area contributed by atoms with Gasteiger partial charge in [0, 0.05) is 6.07 Å². The first-order valence-electron chi connectivity index (χ1n) is 6.33. The molecule has 0 aliphatic heterocycles. The minimum atomic E-state index is -1.03. The lowest BCUT2D eigenvalue weighted by atomic mass is 9.80. The number of carbonyl (C=O) groups is 1. The molecule has 0 spiro atoms. The van der Waals surface area contributed by atoms with Crippen molar-refractivity contribution in [3.8, 4) is 5.88 Å². The third-order valence-corrected chi connectivity index (χ3v) is 3.44. The fourth-order valence-electron chi connectivity index (χ4n) is 1.97. The number of aromatic nitrogens is 1. The Morgan fingerprint density at radius 2 is 2.15 bits per heavy atom. The molecule has 0 atom stereocenters. The quantitative estimate of drug-likeness (QED) is 0.317. The molecule has 110 valence electrons. The second kappa shape index (κ2) is 6.74. The summed E-state index contributed by atoms with van der Waals surface area (Å²) in [6.07, 6.45) is 2.34. The summed E-state index contributed by atoms with van der Waals surface area (Å²) in [5, 5.41) is 14.6. The topological polar surface area (TPSA) is 110 Å². The molecule has 1 aromatic heterocycles. The molecule has 0 saturated heterocycles. The van der Waals surface area contributed by atoms with Crippen LogP contribution in [0.4, 0.5) is 5.69 Å². The van der Waals surface area contributed by atoms with E-state index < -0.39 is 5.41 Å². The molecule has 0 aliphatic carbocycles. The number of nitrogens with two attached hydrogens (primary N) is 1. The van der Waals surface area contributed by atoms with Crippen LogP contribution in [0, 0.1) is 5.41 Å². The van der Waals surface area contributed by atoms with Crippen molar-refractivity contribution in [2.45, 2.75) is 26.7 Å². The molecule has 1 rings (SSSR count). The molecular weight excluding hydrogens is 260 g/mol. The summed E-state index contributed by atoms with van der Waals surface area (Å²) < 4.78 is 4.94. The highest BCUT2D eigenvalue weighted by molar-refractivity contribution is 6.11. The Morgan fingerprint density at radius 1 is 1.50 bits per heavy atom. The van der Waals surface area contributed by atoms with Crippen LogP contribution in [0.25, 0.3) is 0 Å². The van der Waals surface area contributed by atoms with Crippen molar-refractivity contribution in [1.82, 2.24) is 4.98 Å². The molecule has 0 bridgehead atoms. The number of hydrogen-bond acceptors (Lipinski definition) is 5. The van der Waals surface area contributed by atoms with Crippen molar-refractivity contribution in [3.05, 3.63) is 18.3 Å². The monoisotopic (exact) mass is 280 g/mol. The van der Waals surface area contributed by atoms with Crippen LogP contribution >= 0.6 is 0 Å². The first-order valence-corrected chi connectivity index (χ1v) is 6.33. The zero-order chi connectivity index (χ0) is 15.2. The molecule has 0 aromatic carbocycles. The molecule has 0 fully saturated rings. The van der Waals surface area contributed by atoms with Gasteiger partial charge in [0.1, 0.15) is 5.41 Å². The van der Waals surface area contributed by atoms with Crippen LogP contribution in [0.1, 0.15) is 26.7 Å². The maximum atomic E-state index is 12.4. The van der Waals surface area contributed by atoms with Crippen molar-refractivity contribution in [1.29, 1.82) is 0 Å². The lowest BCUT2D eigenvalue weighted by Gasteiger charge is -2.28. The van der Waals surface area contributed by atoms with Crippen molar-refractivity contribution >= 4 is 17.4 Å². The summed E-state index contributed by atoms with van der Waals surface area (Å²) in [6.45, 7) is 3.63. The molecule has 7 heteroatoms. The van der Waals surface area contributed by atoms with Crippen molar-refractivity contribution < 1.29 is 14.7 Å². The Hall–Kier alpha value is -2.31. The van der Waals surface area contributed by atoms with E-state index in [1.807, 2.05) is 13.8 Å². The van der Waals surface area contributed by atoms with Crippen molar-refractivity contribution in [2.75, 3.05) is 12.4 Å². The zero-order valence-electron chi connectivity index (χ0n) is 11.9. The number of amides is 1. The predicted octanol–water partition coefficient (Wildman–Crippen LogP) is 1.58. The number of carbonyl (C=O) groups excluding carboxylic acids is 1. The molecule has 0 saturated carbocycles. The summed E-state index contributed by atoms with van der Waals surface area (Å²) in [7, 11) is 1.51. The van der Waals surface area contributed by atoms with Gasteiger partial charge in [-0.1, -0.05) is 19.0 Å². The fourth-order valence-corrected chi connectivity index (χ4v) is 1.97. The van der Waals surface area contributed by atoms with Crippen LogP contribution in [0.2, 0.25) is 0 Å². The van der Waals surface area contributed by atoms with E-state index in [9.17, 15) is 4.79 Å². The van der Waals surface area contributed by atoms with Crippen LogP contribution < -0.4 is 15.8 Å². The van der Waals surface area contributed by atoms with Gasteiger partial charge in [0.05, 0.1) is 19.0 Å². The van der Waals surface area contributed by atoms with Gasteiger partial charge in [-0.3, -0.25) is 4.79 Å². The molecular formula is C13H20N4O3. The molecule has 20 heavy (non-hydrogen) atoms. The second-order valence-electron chi connectivity index (χ2n) is 4.32. The minimum absolute atomic E-state index is 0.0959. The first kappa shape index (κ1) is 15.7. The number of ether oxygens (including phenoxy) is 1. The Labute approximate surface area is 117 Å². The van der Waals surface area contributed by atoms with E-state index in [4.69, 9.17) is 15.7 Å². The van der Waals surface area contributed by atoms with Gasteiger partial charge >= 0.3 is 0 Å². The average Bonchev–Trinajstić information content (AvgIpc) is 2.49. The van der Waals surface area contributed by atoms with Gasteiger partial charge in [-0.05, 0) is 18.9 Å². The normalized spacial score (nSPS) is 12.1. The van der Waals surface area contributed by atoms with Crippen LogP contribution in [-0.2, 0) is 4.79 Å². The molecule has 1 heterocycles. The van der Waals surface area contributed by atoms with E-state index >= 15 is 0 Å². The Balaban J connectivity index is 2.96. The number of hydrogen-bond donors (Lipinski definition) is 3. The smallest absolute Gasteiger partial charge is 0.238 e. The first-order chi connectivity index (χ1) is 9.53. The maximum Gasteiger partial charge on any atom is 0.238 e. The third kappa shape index (κ3) is 2.98. The highest BCUT2D eigenvalue weighted by Crippen LogP contribution is 2.28. The number of rotatable bonds is 6. The number of oxime groups is 1. The van der Waals surface area contributed by atoms with E-state index in [1.165, 1.54) is 13.3 Å². The van der Waals surface area contributed by atoms with Crippen LogP contribution in [0.15, 0.2) is 23.5 Å². The maximum absolute atomic E-state index is 12.4. The summed E-state index contributed by atoms with van der Waals surface area (Å²) in [5.41, 5.74) is 5.17. The van der Waals surface area contributed by atoms with E-state index in [0.29, 0.717) is 24.4 Å². The minimum Gasteiger partial charge on any atom is -0.481 e. The van der Waals surface area contributed by atoms with Crippen LogP contribution in [0.5, 0.6) is 5.88 Å². The number of nitrogens with zero attached hydrogens (tertiary/aromatic N) is 2. The van der Waals surface area contributed by atoms with Gasteiger partial charge < -0.3 is 21.0 Å². The van der Waals surface area contributed by atoms with Crippen molar-refractivity contribution in [2.24, 2.45) is 16.3 Å². The molecule has 1 aromatic rings.